The van der Waals surface area contributed by atoms with Gasteiger partial charge in [0.15, 0.2) is 12.4 Å². The number of nitrogens with one attached hydrogen (secondary N) is 1. The van der Waals surface area contributed by atoms with Gasteiger partial charge in [-0.2, -0.15) is 15.0 Å². The number of carbonyl (C=O) groups excluding carboxylic acids is 1. The lowest BCUT2D eigenvalue weighted by Gasteiger charge is -2.10. The Balaban J connectivity index is 1.70. The molecule has 3 rings (SSSR count). The molecule has 3 N–H and O–H groups in total. The van der Waals surface area contributed by atoms with Crippen molar-refractivity contribution in [1.82, 2.24) is 15.0 Å². The Morgan fingerprint density at radius 3 is 2.79 bits per heavy atom. The normalized spacial score (nSPS) is 18.9. The minimum Gasteiger partial charge on any atom is -0.457 e. The molecule has 0 unspecified atom stereocenters. The summed E-state index contributed by atoms with van der Waals surface area (Å²) in [5, 5.41) is 3.15. The fraction of sp³-hybridized carbons (Fsp3) is 0.412. The van der Waals surface area contributed by atoms with Crippen molar-refractivity contribution in [2.75, 3.05) is 11.1 Å². The number of aromatic nitrogens is 3. The molecule has 0 spiro atoms. The summed E-state index contributed by atoms with van der Waals surface area (Å²) in [4.78, 5) is 24.2. The van der Waals surface area contributed by atoms with Gasteiger partial charge in [-0.05, 0) is 30.4 Å². The monoisotopic (exact) mass is 327 g/mol. The molecule has 1 aromatic heterocycles. The van der Waals surface area contributed by atoms with E-state index in [1.165, 1.54) is 0 Å². The summed E-state index contributed by atoms with van der Waals surface area (Å²) in [6.07, 6.45) is 1.77. The van der Waals surface area contributed by atoms with Crippen molar-refractivity contribution < 1.29 is 9.53 Å². The fourth-order valence-electron chi connectivity index (χ4n) is 2.52. The summed E-state index contributed by atoms with van der Waals surface area (Å²) in [5.74, 6) is 0.983. The van der Waals surface area contributed by atoms with Crippen LogP contribution in [0, 0.1) is 11.8 Å². The summed E-state index contributed by atoms with van der Waals surface area (Å²) in [6.45, 7) is 4.10. The number of hydrogen-bond donors (Lipinski definition) is 2. The second-order valence-corrected chi connectivity index (χ2v) is 6.00. The van der Waals surface area contributed by atoms with Crippen molar-refractivity contribution in [3.05, 3.63) is 35.7 Å². The number of rotatable bonds is 6. The largest absolute Gasteiger partial charge is 0.457 e. The Hall–Kier alpha value is -2.70. The lowest BCUT2D eigenvalue weighted by Crippen LogP contribution is -2.12. The van der Waals surface area contributed by atoms with Crippen LogP contribution in [-0.4, -0.2) is 20.9 Å². The topological polar surface area (TPSA) is 103 Å². The first-order chi connectivity index (χ1) is 11.6. The van der Waals surface area contributed by atoms with Gasteiger partial charge in [0.25, 0.3) is 0 Å². The van der Waals surface area contributed by atoms with E-state index in [1.54, 1.807) is 0 Å². The number of hydrogen-bond acceptors (Lipinski definition) is 7. The lowest BCUT2D eigenvalue weighted by molar-refractivity contribution is -0.147. The van der Waals surface area contributed by atoms with Crippen LogP contribution in [0.2, 0.25) is 0 Å². The van der Waals surface area contributed by atoms with Gasteiger partial charge in [-0.1, -0.05) is 32.0 Å². The van der Waals surface area contributed by atoms with E-state index in [1.807, 2.05) is 31.2 Å². The third-order valence-electron chi connectivity index (χ3n) is 4.10. The van der Waals surface area contributed by atoms with Gasteiger partial charge in [0, 0.05) is 5.69 Å². The lowest BCUT2D eigenvalue weighted by atomic mass is 10.1. The number of nitrogens with two attached hydrogens (primary N) is 1. The minimum absolute atomic E-state index is 0.00111. The molecular weight excluding hydrogens is 306 g/mol. The Bertz CT molecular complexity index is 750. The zero-order valence-corrected chi connectivity index (χ0v) is 13.8. The zero-order valence-electron chi connectivity index (χ0n) is 13.8. The van der Waals surface area contributed by atoms with Gasteiger partial charge in [0.1, 0.15) is 0 Å². The van der Waals surface area contributed by atoms with Crippen LogP contribution in [-0.2, 0) is 22.6 Å². The van der Waals surface area contributed by atoms with E-state index < -0.39 is 0 Å². The molecule has 126 valence electrons. The van der Waals surface area contributed by atoms with Crippen molar-refractivity contribution in [3.8, 4) is 0 Å². The summed E-state index contributed by atoms with van der Waals surface area (Å²) < 4.78 is 5.25. The first-order valence-electron chi connectivity index (χ1n) is 8.08. The van der Waals surface area contributed by atoms with Crippen LogP contribution in [0.3, 0.4) is 0 Å². The van der Waals surface area contributed by atoms with E-state index >= 15 is 0 Å². The summed E-state index contributed by atoms with van der Waals surface area (Å²) in [7, 11) is 0. The summed E-state index contributed by atoms with van der Waals surface area (Å²) in [5.41, 5.74) is 7.80. The van der Waals surface area contributed by atoms with Crippen LogP contribution < -0.4 is 11.1 Å². The predicted molar refractivity (Wildman–Crippen MR) is 90.4 cm³/mol. The van der Waals surface area contributed by atoms with E-state index in [0.717, 1.165) is 24.1 Å². The Kier molecular flexibility index (Phi) is 4.59. The summed E-state index contributed by atoms with van der Waals surface area (Å²) >= 11 is 0. The molecule has 1 saturated carbocycles. The van der Waals surface area contributed by atoms with E-state index in [2.05, 4.69) is 27.2 Å². The highest BCUT2D eigenvalue weighted by atomic mass is 16.5. The first-order valence-corrected chi connectivity index (χ1v) is 8.08. The smallest absolute Gasteiger partial charge is 0.309 e. The van der Waals surface area contributed by atoms with E-state index in [4.69, 9.17) is 10.5 Å². The molecule has 2 aromatic rings. The Labute approximate surface area is 140 Å². The molecule has 0 radical (unpaired) electrons. The van der Waals surface area contributed by atoms with Crippen molar-refractivity contribution in [2.45, 2.75) is 33.3 Å². The minimum atomic E-state index is -0.202. The highest BCUT2D eigenvalue weighted by Crippen LogP contribution is 2.38. The van der Waals surface area contributed by atoms with Gasteiger partial charge < -0.3 is 15.8 Å². The van der Waals surface area contributed by atoms with Crippen LogP contribution in [0.5, 0.6) is 0 Å². The van der Waals surface area contributed by atoms with Gasteiger partial charge in [-0.25, -0.2) is 0 Å². The van der Waals surface area contributed by atoms with Crippen LogP contribution in [0.1, 0.15) is 31.7 Å². The molecule has 1 aromatic carbocycles. The standard InChI is InChI=1S/C17H21N5O2/c1-3-11-6-4-5-7-13(11)19-17-21-14(20-16(18)22-17)9-24-15(23)12-8-10(12)2/h4-7,10,12H,3,8-9H2,1-2H3,(H3,18,19,20,21,22)/t10-,12+/m1/s1. The molecular formula is C17H21N5O2. The molecule has 7 nitrogen and oxygen atoms in total. The van der Waals surface area contributed by atoms with Crippen LogP contribution in [0.4, 0.5) is 17.6 Å². The van der Waals surface area contributed by atoms with Gasteiger partial charge in [0.2, 0.25) is 11.9 Å². The maximum absolute atomic E-state index is 11.8. The third-order valence-corrected chi connectivity index (χ3v) is 4.10. The zero-order chi connectivity index (χ0) is 17.1. The van der Waals surface area contributed by atoms with Crippen LogP contribution in [0.25, 0.3) is 0 Å². The number of para-hydroxylation sites is 1. The molecule has 1 heterocycles. The van der Waals surface area contributed by atoms with Crippen LogP contribution in [0.15, 0.2) is 24.3 Å². The van der Waals surface area contributed by atoms with Gasteiger partial charge in [0.05, 0.1) is 5.92 Å². The van der Waals surface area contributed by atoms with Gasteiger partial charge in [-0.15, -0.1) is 0 Å². The molecule has 1 aliphatic carbocycles. The summed E-state index contributed by atoms with van der Waals surface area (Å²) in [6, 6.07) is 7.90. The number of esters is 1. The highest BCUT2D eigenvalue weighted by molar-refractivity contribution is 5.75. The number of nitrogens with zero attached hydrogens (tertiary/aromatic N) is 3. The average Bonchev–Trinajstić information content (AvgIpc) is 3.29. The maximum atomic E-state index is 11.8. The van der Waals surface area contributed by atoms with Gasteiger partial charge in [-0.3, -0.25) is 4.79 Å². The fourth-order valence-corrected chi connectivity index (χ4v) is 2.52. The van der Waals surface area contributed by atoms with Gasteiger partial charge >= 0.3 is 5.97 Å². The number of nitrogen functional groups attached to an aromatic ring is 1. The molecule has 1 aliphatic rings. The van der Waals surface area contributed by atoms with Crippen LogP contribution >= 0.6 is 0 Å². The first kappa shape index (κ1) is 16.2. The second kappa shape index (κ2) is 6.82. The SMILES string of the molecule is CCc1ccccc1Nc1nc(N)nc(COC(=O)[C@H]2C[C@H]2C)n1. The third kappa shape index (κ3) is 3.79. The molecule has 24 heavy (non-hydrogen) atoms. The van der Waals surface area contributed by atoms with Crippen molar-refractivity contribution in [1.29, 1.82) is 0 Å². The number of aryl methyl sites for hydroxylation is 1. The second-order valence-electron chi connectivity index (χ2n) is 6.00. The quantitative estimate of drug-likeness (QED) is 0.785. The molecule has 1 fully saturated rings. The highest BCUT2D eigenvalue weighted by Gasteiger charge is 2.40. The van der Waals surface area contributed by atoms with Crippen molar-refractivity contribution >= 4 is 23.6 Å². The van der Waals surface area contributed by atoms with E-state index in [0.29, 0.717) is 17.7 Å². The number of carbonyl (C=O) groups is 1. The number of ether oxygens (including phenoxy) is 1. The van der Waals surface area contributed by atoms with E-state index in [-0.39, 0.29) is 24.4 Å². The van der Waals surface area contributed by atoms with Crippen molar-refractivity contribution in [2.24, 2.45) is 11.8 Å². The average molecular weight is 327 g/mol. The maximum Gasteiger partial charge on any atom is 0.309 e. The molecule has 0 aliphatic heterocycles. The molecule has 0 bridgehead atoms. The Morgan fingerprint density at radius 1 is 1.33 bits per heavy atom. The van der Waals surface area contributed by atoms with Crippen molar-refractivity contribution in [3.63, 3.8) is 0 Å². The molecule has 0 saturated heterocycles. The molecule has 7 heteroatoms. The number of anilines is 3. The van der Waals surface area contributed by atoms with E-state index in [9.17, 15) is 4.79 Å². The molecule has 2 atom stereocenters. The Morgan fingerprint density at radius 2 is 2.08 bits per heavy atom. The number of benzene rings is 1. The predicted octanol–water partition coefficient (Wildman–Crippen LogP) is 2.46. The molecule has 0 amide bonds.